The highest BCUT2D eigenvalue weighted by atomic mass is 16.5. The summed E-state index contributed by atoms with van der Waals surface area (Å²) in [5, 5.41) is 0. The Labute approximate surface area is 55.7 Å². The molecule has 0 radical (unpaired) electrons. The van der Waals surface area contributed by atoms with E-state index in [9.17, 15) is 0 Å². The predicted octanol–water partition coefficient (Wildman–Crippen LogP) is 0.682. The molecule has 1 rings (SSSR count). The van der Waals surface area contributed by atoms with E-state index in [1.807, 2.05) is 0 Å². The molecule has 0 heterocycles. The van der Waals surface area contributed by atoms with Crippen molar-refractivity contribution < 1.29 is 4.74 Å². The Bertz CT molecular complexity index is 109. The molecule has 1 aliphatic rings. The van der Waals surface area contributed by atoms with Crippen molar-refractivity contribution in [3.8, 4) is 0 Å². The largest absolute Gasteiger partial charge is 0.380 e. The van der Waals surface area contributed by atoms with Gasteiger partial charge in [-0.15, -0.1) is 0 Å². The van der Waals surface area contributed by atoms with Crippen LogP contribution in [0.1, 0.15) is 12.8 Å². The van der Waals surface area contributed by atoms with E-state index >= 15 is 0 Å². The molecule has 0 aromatic carbocycles. The zero-order valence-corrected chi connectivity index (χ0v) is 5.60. The molecule has 2 nitrogen and oxygen atoms in total. The van der Waals surface area contributed by atoms with E-state index < -0.39 is 0 Å². The van der Waals surface area contributed by atoms with Gasteiger partial charge in [-0.1, -0.05) is 11.6 Å². The van der Waals surface area contributed by atoms with Gasteiger partial charge in [0.05, 0.1) is 13.2 Å². The topological polar surface area (TPSA) is 35.2 Å². The lowest BCUT2D eigenvalue weighted by Gasteiger charge is -1.97. The van der Waals surface area contributed by atoms with Crippen LogP contribution in [-0.4, -0.2) is 19.8 Å². The van der Waals surface area contributed by atoms with Crippen molar-refractivity contribution in [2.75, 3.05) is 19.8 Å². The minimum Gasteiger partial charge on any atom is -0.380 e. The second kappa shape index (κ2) is 3.64. The highest BCUT2D eigenvalue weighted by Crippen LogP contribution is 2.21. The fraction of sp³-hybridized carbons (Fsp3) is 0.714. The fourth-order valence-corrected chi connectivity index (χ4v) is 0.665. The molecular formula is C7H13NO. The molecule has 0 saturated heterocycles. The first kappa shape index (κ1) is 6.78. The van der Waals surface area contributed by atoms with Gasteiger partial charge in [0.25, 0.3) is 0 Å². The summed E-state index contributed by atoms with van der Waals surface area (Å²) in [6.07, 6.45) is 4.55. The van der Waals surface area contributed by atoms with Gasteiger partial charge >= 0.3 is 0 Å². The fourth-order valence-electron chi connectivity index (χ4n) is 0.665. The van der Waals surface area contributed by atoms with Crippen LogP contribution in [0.2, 0.25) is 0 Å². The molecule has 0 spiro atoms. The van der Waals surface area contributed by atoms with E-state index in [1.165, 1.54) is 12.0 Å². The van der Waals surface area contributed by atoms with Crippen molar-refractivity contribution in [2.24, 2.45) is 5.73 Å². The third-order valence-corrected chi connectivity index (χ3v) is 1.32. The Morgan fingerprint density at radius 1 is 1.56 bits per heavy atom. The highest BCUT2D eigenvalue weighted by Gasteiger charge is 2.04. The third kappa shape index (κ3) is 3.27. The minimum absolute atomic E-state index is 0.638. The maximum absolute atomic E-state index is 5.22. The lowest BCUT2D eigenvalue weighted by atomic mass is 10.4. The van der Waals surface area contributed by atoms with Crippen molar-refractivity contribution in [3.05, 3.63) is 11.6 Å². The molecule has 0 aliphatic heterocycles. The van der Waals surface area contributed by atoms with Crippen molar-refractivity contribution in [2.45, 2.75) is 12.8 Å². The monoisotopic (exact) mass is 127 g/mol. The Morgan fingerprint density at radius 3 is 2.89 bits per heavy atom. The Hall–Kier alpha value is -0.340. The number of hydrogen-bond donors (Lipinski definition) is 1. The van der Waals surface area contributed by atoms with Crippen LogP contribution in [0.3, 0.4) is 0 Å². The molecule has 0 aromatic rings. The first-order valence-electron chi connectivity index (χ1n) is 3.39. The van der Waals surface area contributed by atoms with Crippen LogP contribution in [0.5, 0.6) is 0 Å². The van der Waals surface area contributed by atoms with Gasteiger partial charge in [0, 0.05) is 6.54 Å². The Balaban J connectivity index is 1.76. The van der Waals surface area contributed by atoms with Gasteiger partial charge in [0.1, 0.15) is 0 Å². The summed E-state index contributed by atoms with van der Waals surface area (Å²) in [7, 11) is 0. The van der Waals surface area contributed by atoms with Crippen molar-refractivity contribution in [1.29, 1.82) is 0 Å². The molecule has 0 atom stereocenters. The molecule has 0 fully saturated rings. The molecule has 0 unspecified atom stereocenters. The van der Waals surface area contributed by atoms with E-state index in [-0.39, 0.29) is 0 Å². The molecule has 0 amide bonds. The number of nitrogens with two attached hydrogens (primary N) is 1. The molecule has 1 aliphatic carbocycles. The van der Waals surface area contributed by atoms with Gasteiger partial charge in [0.15, 0.2) is 0 Å². The Kier molecular flexibility index (Phi) is 2.74. The van der Waals surface area contributed by atoms with Gasteiger partial charge in [0.2, 0.25) is 0 Å². The molecular weight excluding hydrogens is 114 g/mol. The molecule has 0 aromatic heterocycles. The first-order valence-corrected chi connectivity index (χ1v) is 3.39. The lowest BCUT2D eigenvalue weighted by Crippen LogP contribution is -2.08. The van der Waals surface area contributed by atoms with E-state index in [4.69, 9.17) is 10.5 Å². The van der Waals surface area contributed by atoms with Gasteiger partial charge < -0.3 is 10.5 Å². The summed E-state index contributed by atoms with van der Waals surface area (Å²) in [5.74, 6) is 0. The van der Waals surface area contributed by atoms with Crippen molar-refractivity contribution in [1.82, 2.24) is 0 Å². The molecule has 9 heavy (non-hydrogen) atoms. The number of hydrogen-bond acceptors (Lipinski definition) is 2. The summed E-state index contributed by atoms with van der Waals surface area (Å²) >= 11 is 0. The maximum atomic E-state index is 5.22. The second-order valence-corrected chi connectivity index (χ2v) is 2.22. The molecule has 0 bridgehead atoms. The normalized spacial score (nSPS) is 15.4. The minimum atomic E-state index is 0.638. The third-order valence-electron chi connectivity index (χ3n) is 1.32. The van der Waals surface area contributed by atoms with Crippen LogP contribution in [-0.2, 0) is 4.74 Å². The van der Waals surface area contributed by atoms with Crippen LogP contribution < -0.4 is 5.73 Å². The standard InChI is InChI=1S/C7H13NO/c8-4-6-9-5-3-7-1-2-7/h1H,2-6,8H2. The summed E-state index contributed by atoms with van der Waals surface area (Å²) in [6.45, 7) is 2.19. The average molecular weight is 127 g/mol. The van der Waals surface area contributed by atoms with E-state index in [1.54, 1.807) is 0 Å². The number of allylic oxidation sites excluding steroid dienone is 1. The van der Waals surface area contributed by atoms with Crippen molar-refractivity contribution in [3.63, 3.8) is 0 Å². The SMILES string of the molecule is NCCOCCC1=CC1. The summed E-state index contributed by atoms with van der Waals surface area (Å²) < 4.78 is 5.17. The average Bonchev–Trinajstić information content (AvgIpc) is 2.63. The van der Waals surface area contributed by atoms with Crippen LogP contribution in [0.25, 0.3) is 0 Å². The first-order chi connectivity index (χ1) is 4.43. The quantitative estimate of drug-likeness (QED) is 0.435. The summed E-state index contributed by atoms with van der Waals surface area (Å²) in [6, 6.07) is 0. The summed E-state index contributed by atoms with van der Waals surface area (Å²) in [4.78, 5) is 0. The zero-order chi connectivity index (χ0) is 6.53. The Morgan fingerprint density at radius 2 is 2.33 bits per heavy atom. The second-order valence-electron chi connectivity index (χ2n) is 2.22. The van der Waals surface area contributed by atoms with Crippen molar-refractivity contribution >= 4 is 0 Å². The smallest absolute Gasteiger partial charge is 0.0588 e. The molecule has 2 heteroatoms. The maximum Gasteiger partial charge on any atom is 0.0588 e. The van der Waals surface area contributed by atoms with Gasteiger partial charge in [-0.25, -0.2) is 0 Å². The number of rotatable bonds is 5. The van der Waals surface area contributed by atoms with Crippen LogP contribution in [0.15, 0.2) is 11.6 Å². The van der Waals surface area contributed by atoms with Gasteiger partial charge in [-0.05, 0) is 12.8 Å². The van der Waals surface area contributed by atoms with Crippen LogP contribution in [0, 0.1) is 0 Å². The molecule has 52 valence electrons. The van der Waals surface area contributed by atoms with E-state index in [2.05, 4.69) is 6.08 Å². The van der Waals surface area contributed by atoms with Crippen LogP contribution in [0.4, 0.5) is 0 Å². The van der Waals surface area contributed by atoms with Gasteiger partial charge in [-0.3, -0.25) is 0 Å². The summed E-state index contributed by atoms with van der Waals surface area (Å²) in [5.41, 5.74) is 6.76. The van der Waals surface area contributed by atoms with Gasteiger partial charge in [-0.2, -0.15) is 0 Å². The van der Waals surface area contributed by atoms with E-state index in [0.717, 1.165) is 13.0 Å². The number of ether oxygens (including phenoxy) is 1. The molecule has 0 saturated carbocycles. The highest BCUT2D eigenvalue weighted by molar-refractivity contribution is 5.21. The van der Waals surface area contributed by atoms with Crippen LogP contribution >= 0.6 is 0 Å². The molecule has 2 N–H and O–H groups in total. The lowest BCUT2D eigenvalue weighted by molar-refractivity contribution is 0.145. The van der Waals surface area contributed by atoms with E-state index in [0.29, 0.717) is 13.2 Å². The predicted molar refractivity (Wildman–Crippen MR) is 37.2 cm³/mol. The zero-order valence-electron chi connectivity index (χ0n) is 5.60.